The number of aryl methyl sites for hydroxylation is 10. The molecule has 14 rings (SSSR count). The van der Waals surface area contributed by atoms with Gasteiger partial charge in [-0.25, -0.2) is 39.9 Å². The molecule has 6 heterocycles. The molecule has 0 saturated heterocycles. The molecule has 21 nitrogen and oxygen atoms in total. The Labute approximate surface area is 712 Å². The van der Waals surface area contributed by atoms with E-state index in [0.29, 0.717) is 23.0 Å². The van der Waals surface area contributed by atoms with Gasteiger partial charge in [0.1, 0.15) is 16.7 Å². The molecule has 6 aromatic heterocycles. The summed E-state index contributed by atoms with van der Waals surface area (Å²) in [5.74, 6) is 8.84. The summed E-state index contributed by atoms with van der Waals surface area (Å²) in [6.45, 7) is 7.72. The molecule has 0 radical (unpaired) electrons. The summed E-state index contributed by atoms with van der Waals surface area (Å²) in [5, 5.41) is 9.05. The van der Waals surface area contributed by atoms with Gasteiger partial charge in [0.05, 0.1) is 61.1 Å². The van der Waals surface area contributed by atoms with Crippen LogP contribution in [0.5, 0.6) is 0 Å². The number of benzene rings is 4. The number of primary amides is 1. The minimum atomic E-state index is -0.543. The Morgan fingerprint density at radius 2 is 0.891 bits per heavy atom. The number of carbonyl (C=O) groups excluding carboxylic acids is 4. The van der Waals surface area contributed by atoms with Gasteiger partial charge < -0.3 is 25.7 Å². The number of hydrogen-bond acceptors (Lipinski definition) is 18. The van der Waals surface area contributed by atoms with Gasteiger partial charge in [-0.3, -0.25) is 28.5 Å². The fourth-order valence-electron chi connectivity index (χ4n) is 12.3. The number of terminal acetylenes is 1. The molecule has 4 fully saturated rings. The number of halogens is 4. The number of anilines is 1. The van der Waals surface area contributed by atoms with Crippen LogP contribution >= 0.6 is 46.4 Å². The average molecular weight is 1620 g/mol. The second-order valence-electron chi connectivity index (χ2n) is 26.1. The first kappa shape index (κ1) is 93.5. The van der Waals surface area contributed by atoms with E-state index in [1.165, 1.54) is 95.6 Å². The number of amides is 1. The van der Waals surface area contributed by atoms with Crippen molar-refractivity contribution in [1.82, 2.24) is 59.4 Å². The van der Waals surface area contributed by atoms with Crippen molar-refractivity contribution in [2.75, 3.05) is 27.1 Å². The summed E-state index contributed by atoms with van der Waals surface area (Å²) < 4.78 is 18.2. The van der Waals surface area contributed by atoms with Crippen LogP contribution in [0.15, 0.2) is 147 Å². The van der Waals surface area contributed by atoms with Crippen LogP contribution in [0.2, 0.25) is 21.0 Å². The van der Waals surface area contributed by atoms with Crippen LogP contribution in [0, 0.1) is 51.9 Å². The van der Waals surface area contributed by atoms with Crippen molar-refractivity contribution in [2.24, 2.45) is 19.8 Å². The monoisotopic (exact) mass is 1620 g/mol. The number of nitrogen functional groups attached to an aromatic ring is 1. The van der Waals surface area contributed by atoms with Crippen LogP contribution in [-0.4, -0.2) is 168 Å². The molecule has 568 valence electrons. The predicted molar refractivity (Wildman–Crippen MR) is 436 cm³/mol. The molecule has 4 saturated carbocycles. The zero-order valence-corrected chi connectivity index (χ0v) is 71.3. The van der Waals surface area contributed by atoms with Gasteiger partial charge >= 0.3 is 81.1 Å². The van der Waals surface area contributed by atoms with E-state index in [9.17, 15) is 19.2 Å². The number of aromatic nitrogens is 12. The molecule has 0 unspecified atom stereocenters. The molecule has 4 aliphatic carbocycles. The topological polar surface area (TPSA) is 287 Å². The van der Waals surface area contributed by atoms with Crippen molar-refractivity contribution >= 4 is 139 Å². The van der Waals surface area contributed by atoms with Crippen LogP contribution in [0.25, 0.3) is 0 Å². The predicted octanol–water partition coefficient (Wildman–Crippen LogP) is 14.0. The number of nitrogens with two attached hydrogens (primary N) is 2. The fourth-order valence-corrected chi connectivity index (χ4v) is 12.9. The van der Waals surface area contributed by atoms with Crippen molar-refractivity contribution in [3.63, 3.8) is 0 Å². The summed E-state index contributed by atoms with van der Waals surface area (Å²) >= 11 is 25.2. The van der Waals surface area contributed by atoms with Gasteiger partial charge in [-0.2, -0.15) is 10.2 Å². The van der Waals surface area contributed by atoms with E-state index in [2.05, 4.69) is 75.0 Å². The van der Waals surface area contributed by atoms with Crippen molar-refractivity contribution in [3.05, 3.63) is 263 Å². The SMILES string of the molecule is C.C.C.C#Cc1ccccc1C1(C(=O)OC)CC1.COC(=O)C1(c2ccccc2C#Cc2nc(Cl)ncc2C)CC1.COC(=O)C1(c2ccccc2CCc2nc(Cl)ncc2C)CC1.Cc1cnc(Cc2cnn(C)c2)nc1CCc1ccccc1C1(C(N)=O)CC1.Cc1cnc(Cl)nc1Cl.Cn1cc(N)cn1.[K][K]. The second kappa shape index (κ2) is 43.8. The molecule has 27 heteroatoms. The van der Waals surface area contributed by atoms with Crippen molar-refractivity contribution in [3.8, 4) is 24.2 Å². The first-order valence-corrected chi connectivity index (χ1v) is 52.4. The number of nitrogens with zero attached hydrogens (tertiary/aromatic N) is 12. The molecule has 0 bridgehead atoms. The van der Waals surface area contributed by atoms with Gasteiger partial charge in [-0.15, -0.1) is 6.42 Å². The van der Waals surface area contributed by atoms with Crippen LogP contribution < -0.4 is 11.5 Å². The normalized spacial score (nSPS) is 13.7. The maximum atomic E-state index is 12.2. The van der Waals surface area contributed by atoms with Crippen molar-refractivity contribution < 1.29 is 33.4 Å². The van der Waals surface area contributed by atoms with Gasteiger partial charge in [0.25, 0.3) is 0 Å². The number of ether oxygens (including phenoxy) is 3. The first-order valence-electron chi connectivity index (χ1n) is 34.9. The quantitative estimate of drug-likeness (QED) is 0.0227. The molecule has 4 N–H and O–H groups in total. The fraction of sp³-hybridized carbons (Fsp3) is 0.349. The van der Waals surface area contributed by atoms with Crippen molar-refractivity contribution in [2.45, 2.75) is 155 Å². The van der Waals surface area contributed by atoms with Crippen LogP contribution in [-0.2, 0) is 101 Å². The molecule has 110 heavy (non-hydrogen) atoms. The molecule has 4 aromatic carbocycles. The van der Waals surface area contributed by atoms with Crippen LogP contribution in [0.3, 0.4) is 0 Å². The Morgan fingerprint density at radius 3 is 1.32 bits per heavy atom. The average Bonchev–Trinajstić information content (AvgIpc) is 1.61. The van der Waals surface area contributed by atoms with E-state index in [1.54, 1.807) is 40.3 Å². The van der Waals surface area contributed by atoms with E-state index < -0.39 is 21.7 Å². The van der Waals surface area contributed by atoms with Gasteiger partial charge in [0, 0.05) is 91.3 Å². The molecule has 10 aromatic rings. The van der Waals surface area contributed by atoms with E-state index in [0.717, 1.165) is 155 Å². The maximum absolute atomic E-state index is 12.2. The molecule has 4 aliphatic rings. The number of methoxy groups -OCH3 is 3. The Morgan fingerprint density at radius 1 is 0.491 bits per heavy atom. The summed E-state index contributed by atoms with van der Waals surface area (Å²) in [6, 6.07) is 31.5. The zero-order valence-electron chi connectivity index (χ0n) is 62.0. The van der Waals surface area contributed by atoms with Crippen LogP contribution in [0.1, 0.15) is 169 Å². The summed E-state index contributed by atoms with van der Waals surface area (Å²) in [4.78, 5) is 81.0. The van der Waals surface area contributed by atoms with E-state index in [1.807, 2.05) is 145 Å². The van der Waals surface area contributed by atoms with E-state index in [-0.39, 0.29) is 61.9 Å². The first-order chi connectivity index (χ1) is 51.3. The Balaban J connectivity index is 0.000000245. The number of hydrogen-bond donors (Lipinski definition) is 2. The Bertz CT molecular complexity index is 4890. The van der Waals surface area contributed by atoms with Gasteiger partial charge in [-0.1, -0.05) is 131 Å². The standard InChI is InChI=1S/C22H25N5O.C18H19ClN2O2.C18H15ClN2O2.C13H12O2.C5H4Cl2N2.C4H7N3.3CH4.2K/c1-15-12-24-20(11-16-13-25-27(2)14-16)26-19(15)8-7-17-5-3-4-6-18(17)22(9-10-22)21(23)28;2*1-12-11-20-17(19)21-15(12)8-7-13-5-3-4-6-14(13)18(9-10-18)16(22)23-2;1-3-10-6-4-5-7-11(10)13(8-9-13)12(14)15-2;1-3-2-8-5(7)9-4(3)6;1-7-3-4(5)2-6-7;;;;;/h3-6,12-14H,7-11H2,1-2H3,(H2,23,28);3-6,11H,7-10H2,1-2H3;3-6,11H,9-10H2,1-2H3;1,4-7H,8-9H2,2H3;2H,1H3;2-3H,5H2,1H3;3*1H4;;. The summed E-state index contributed by atoms with van der Waals surface area (Å²) in [6.07, 6.45) is 30.0. The Kier molecular flexibility index (Phi) is 37.2. The third kappa shape index (κ3) is 24.7. The van der Waals surface area contributed by atoms with E-state index >= 15 is 0 Å². The zero-order chi connectivity index (χ0) is 77.6. The summed E-state index contributed by atoms with van der Waals surface area (Å²) in [5.41, 5.74) is 25.3. The number of carbonyl (C=O) groups is 4. The molecular formula is C83H94Cl4K2N14O7. The van der Waals surface area contributed by atoms with Crippen LogP contribution in [0.4, 0.5) is 5.69 Å². The second-order valence-corrected chi connectivity index (χ2v) is 27.5. The molecule has 1 amide bonds. The number of esters is 3. The van der Waals surface area contributed by atoms with Crippen molar-refractivity contribution in [1.29, 1.82) is 0 Å². The summed E-state index contributed by atoms with van der Waals surface area (Å²) in [7, 11) is 8.03. The third-order valence-electron chi connectivity index (χ3n) is 18.7. The minimum absolute atomic E-state index is 0. The van der Waals surface area contributed by atoms with Gasteiger partial charge in [0.15, 0.2) is 0 Å². The van der Waals surface area contributed by atoms with Gasteiger partial charge in [0.2, 0.25) is 21.8 Å². The molecular weight excluding hydrogens is 1530 g/mol. The molecule has 0 atom stereocenters. The number of rotatable bonds is 16. The van der Waals surface area contributed by atoms with Gasteiger partial charge in [-0.05, 0) is 208 Å². The van der Waals surface area contributed by atoms with E-state index in [4.69, 9.17) is 83.5 Å². The molecule has 0 aliphatic heterocycles. The Hall–Kier alpha value is -7.15. The third-order valence-corrected chi connectivity index (χ3v) is 19.7. The molecule has 0 spiro atoms.